The van der Waals surface area contributed by atoms with E-state index in [1.165, 1.54) is 12.8 Å². The fourth-order valence-electron chi connectivity index (χ4n) is 3.08. The number of hydrogen-bond donors (Lipinski definition) is 0. The molecule has 0 unspecified atom stereocenters. The molecule has 0 amide bonds. The Kier molecular flexibility index (Phi) is 7.23. The van der Waals surface area contributed by atoms with E-state index in [1.807, 2.05) is 38.1 Å². The number of ketones is 1. The second-order valence-corrected chi connectivity index (χ2v) is 6.10. The number of aromatic nitrogens is 1. The van der Waals surface area contributed by atoms with Crippen LogP contribution >= 0.6 is 0 Å². The van der Waals surface area contributed by atoms with E-state index in [0.717, 1.165) is 47.9 Å². The van der Waals surface area contributed by atoms with Gasteiger partial charge in [0.15, 0.2) is 5.78 Å². The number of carbonyl (C=O) groups is 1. The van der Waals surface area contributed by atoms with Gasteiger partial charge in [-0.3, -0.25) is 9.78 Å². The van der Waals surface area contributed by atoms with Crippen LogP contribution < -0.4 is 4.74 Å². The van der Waals surface area contributed by atoms with Gasteiger partial charge in [0.25, 0.3) is 0 Å². The molecule has 1 fully saturated rings. The van der Waals surface area contributed by atoms with Crippen molar-refractivity contribution in [2.75, 3.05) is 0 Å². The Morgan fingerprint density at radius 2 is 2.00 bits per heavy atom. The minimum absolute atomic E-state index is 0.198. The summed E-state index contributed by atoms with van der Waals surface area (Å²) >= 11 is 0. The first-order valence-electron chi connectivity index (χ1n) is 9.36. The maximum atomic E-state index is 12.4. The van der Waals surface area contributed by atoms with Crippen LogP contribution in [0.3, 0.4) is 0 Å². The fourth-order valence-corrected chi connectivity index (χ4v) is 3.08. The summed E-state index contributed by atoms with van der Waals surface area (Å²) < 4.78 is 6.17. The lowest BCUT2D eigenvalue weighted by molar-refractivity contribution is 0.0979. The van der Waals surface area contributed by atoms with Crippen LogP contribution in [-0.2, 0) is 0 Å². The van der Waals surface area contributed by atoms with Crippen LogP contribution in [0.1, 0.15) is 76.1 Å². The van der Waals surface area contributed by atoms with E-state index < -0.39 is 0 Å². The Balaban J connectivity index is 0.00000100. The zero-order valence-corrected chi connectivity index (χ0v) is 15.2. The van der Waals surface area contributed by atoms with Crippen LogP contribution in [0.4, 0.5) is 0 Å². The topological polar surface area (TPSA) is 39.2 Å². The Labute approximate surface area is 145 Å². The molecule has 0 saturated heterocycles. The number of nitrogens with zero attached hydrogens (tertiary/aromatic N) is 1. The first kappa shape index (κ1) is 18.4. The number of benzene rings is 1. The Bertz CT molecular complexity index is 660. The summed E-state index contributed by atoms with van der Waals surface area (Å²) in [7, 11) is 0. The van der Waals surface area contributed by atoms with Crippen LogP contribution in [0, 0.1) is 0 Å². The summed E-state index contributed by atoms with van der Waals surface area (Å²) in [6.07, 6.45) is 9.27. The van der Waals surface area contributed by atoms with E-state index >= 15 is 0 Å². The van der Waals surface area contributed by atoms with E-state index in [1.54, 1.807) is 6.20 Å². The molecule has 0 bridgehead atoms. The van der Waals surface area contributed by atoms with Gasteiger partial charge in [-0.1, -0.05) is 33.3 Å². The van der Waals surface area contributed by atoms with Gasteiger partial charge in [0, 0.05) is 23.6 Å². The Morgan fingerprint density at radius 3 is 2.71 bits per heavy atom. The van der Waals surface area contributed by atoms with Crippen molar-refractivity contribution < 1.29 is 9.53 Å². The lowest BCUT2D eigenvalue weighted by Crippen LogP contribution is -2.12. The molecule has 1 aromatic heterocycles. The molecule has 0 radical (unpaired) electrons. The van der Waals surface area contributed by atoms with Gasteiger partial charge in [-0.25, -0.2) is 0 Å². The normalized spacial score (nSPS) is 14.3. The lowest BCUT2D eigenvalue weighted by atomic mass is 10.0. The highest BCUT2D eigenvalue weighted by atomic mass is 16.5. The number of ether oxygens (including phenoxy) is 1. The smallest absolute Gasteiger partial charge is 0.163 e. The molecule has 0 aliphatic heterocycles. The van der Waals surface area contributed by atoms with Crippen molar-refractivity contribution >= 4 is 16.7 Å². The Hall–Kier alpha value is -1.90. The van der Waals surface area contributed by atoms with Crippen LogP contribution in [0.15, 0.2) is 30.5 Å². The quantitative estimate of drug-likeness (QED) is 0.615. The van der Waals surface area contributed by atoms with Crippen molar-refractivity contribution in [1.29, 1.82) is 0 Å². The van der Waals surface area contributed by atoms with Crippen molar-refractivity contribution in [3.63, 3.8) is 0 Å². The molecule has 2 aromatic rings. The van der Waals surface area contributed by atoms with Gasteiger partial charge in [-0.2, -0.15) is 0 Å². The summed E-state index contributed by atoms with van der Waals surface area (Å²) in [5.41, 5.74) is 1.61. The third kappa shape index (κ3) is 4.56. The molecule has 0 N–H and O–H groups in total. The molecular weight excluding hydrogens is 298 g/mol. The third-order valence-corrected chi connectivity index (χ3v) is 4.35. The maximum absolute atomic E-state index is 12.4. The monoisotopic (exact) mass is 327 g/mol. The second kappa shape index (κ2) is 9.41. The molecule has 0 spiro atoms. The third-order valence-electron chi connectivity index (χ3n) is 4.35. The van der Waals surface area contributed by atoms with Crippen LogP contribution in [-0.4, -0.2) is 16.9 Å². The molecule has 3 rings (SSSR count). The molecule has 130 valence electrons. The zero-order chi connectivity index (χ0) is 17.4. The Morgan fingerprint density at radius 1 is 1.25 bits per heavy atom. The molecule has 1 aromatic carbocycles. The molecule has 3 heteroatoms. The van der Waals surface area contributed by atoms with E-state index in [2.05, 4.69) is 11.9 Å². The highest BCUT2D eigenvalue weighted by Gasteiger charge is 2.19. The first-order chi connectivity index (χ1) is 11.8. The molecule has 24 heavy (non-hydrogen) atoms. The first-order valence-corrected chi connectivity index (χ1v) is 9.36. The van der Waals surface area contributed by atoms with Crippen molar-refractivity contribution in [2.24, 2.45) is 0 Å². The zero-order valence-electron chi connectivity index (χ0n) is 15.2. The number of carbonyl (C=O) groups excluding carboxylic acids is 1. The van der Waals surface area contributed by atoms with E-state index in [0.29, 0.717) is 6.42 Å². The van der Waals surface area contributed by atoms with Gasteiger partial charge in [0.05, 0.1) is 6.10 Å². The number of rotatable bonds is 6. The molecule has 1 aliphatic rings. The fraction of sp³-hybridized carbons (Fsp3) is 0.524. The molecular formula is C21H29NO2. The van der Waals surface area contributed by atoms with Crippen molar-refractivity contribution in [1.82, 2.24) is 4.98 Å². The molecule has 1 saturated carbocycles. The number of pyridine rings is 1. The average Bonchev–Trinajstić information content (AvgIpc) is 3.14. The van der Waals surface area contributed by atoms with Crippen molar-refractivity contribution in [3.05, 3.63) is 36.0 Å². The SMILES string of the molecule is CC.CCCCC(=O)c1cc(OC2CCCC2)c2ncccc2c1. The van der Waals surface area contributed by atoms with Crippen LogP contribution in [0.25, 0.3) is 10.9 Å². The number of fused-ring (bicyclic) bond motifs is 1. The van der Waals surface area contributed by atoms with Gasteiger partial charge in [-0.05, 0) is 50.3 Å². The van der Waals surface area contributed by atoms with E-state index in [9.17, 15) is 4.79 Å². The van der Waals surface area contributed by atoms with Crippen LogP contribution in [0.5, 0.6) is 5.75 Å². The van der Waals surface area contributed by atoms with Crippen molar-refractivity contribution in [2.45, 2.75) is 71.8 Å². The molecule has 1 heterocycles. The minimum Gasteiger partial charge on any atom is -0.488 e. The van der Waals surface area contributed by atoms with Gasteiger partial charge >= 0.3 is 0 Å². The maximum Gasteiger partial charge on any atom is 0.163 e. The van der Waals surface area contributed by atoms with Crippen LogP contribution in [0.2, 0.25) is 0 Å². The summed E-state index contributed by atoms with van der Waals surface area (Å²) in [6, 6.07) is 7.75. The largest absolute Gasteiger partial charge is 0.488 e. The number of Topliss-reactive ketones (excluding diaryl/α,β-unsaturated/α-hetero) is 1. The summed E-state index contributed by atoms with van der Waals surface area (Å²) in [5, 5.41) is 0.984. The lowest BCUT2D eigenvalue weighted by Gasteiger charge is -2.15. The molecule has 3 nitrogen and oxygen atoms in total. The predicted octanol–water partition coefficient (Wildman–Crippen LogP) is 5.96. The van der Waals surface area contributed by atoms with Gasteiger partial charge in [-0.15, -0.1) is 0 Å². The minimum atomic E-state index is 0.198. The summed E-state index contributed by atoms with van der Waals surface area (Å²) in [6.45, 7) is 6.10. The molecule has 0 atom stereocenters. The van der Waals surface area contributed by atoms with Gasteiger partial charge in [0.2, 0.25) is 0 Å². The van der Waals surface area contributed by atoms with E-state index in [-0.39, 0.29) is 11.9 Å². The summed E-state index contributed by atoms with van der Waals surface area (Å²) in [4.78, 5) is 16.8. The highest BCUT2D eigenvalue weighted by Crippen LogP contribution is 2.31. The highest BCUT2D eigenvalue weighted by molar-refractivity contribution is 6.01. The van der Waals surface area contributed by atoms with Gasteiger partial charge in [0.1, 0.15) is 11.3 Å². The average molecular weight is 327 g/mol. The van der Waals surface area contributed by atoms with Crippen molar-refractivity contribution in [3.8, 4) is 5.75 Å². The standard InChI is InChI=1S/C19H23NO2.C2H6/c1-2-3-10-17(21)15-12-14-7-6-11-20-19(14)18(13-15)22-16-8-4-5-9-16;1-2/h6-7,11-13,16H,2-5,8-10H2,1H3;1-2H3. The summed E-state index contributed by atoms with van der Waals surface area (Å²) in [5.74, 6) is 0.966. The second-order valence-electron chi connectivity index (χ2n) is 6.10. The predicted molar refractivity (Wildman–Crippen MR) is 99.8 cm³/mol. The number of unbranched alkanes of at least 4 members (excludes halogenated alkanes) is 1. The van der Waals surface area contributed by atoms with Gasteiger partial charge < -0.3 is 4.74 Å². The van der Waals surface area contributed by atoms with E-state index in [4.69, 9.17) is 4.74 Å². The number of hydrogen-bond acceptors (Lipinski definition) is 3. The molecule has 1 aliphatic carbocycles.